The third kappa shape index (κ3) is 8.63. The van der Waals surface area contributed by atoms with E-state index in [0.717, 1.165) is 18.4 Å². The number of esters is 1. The molecule has 0 aliphatic carbocycles. The molecular formula is C31H42N2O5S. The van der Waals surface area contributed by atoms with Crippen LogP contribution in [0.2, 0.25) is 0 Å². The maximum Gasteiger partial charge on any atom is 0.302 e. The maximum atomic E-state index is 13.5. The van der Waals surface area contributed by atoms with Crippen LogP contribution in [-0.4, -0.2) is 32.9 Å². The van der Waals surface area contributed by atoms with E-state index in [1.165, 1.54) is 6.92 Å². The predicted octanol–water partition coefficient (Wildman–Crippen LogP) is 6.71. The molecule has 212 valence electrons. The summed E-state index contributed by atoms with van der Waals surface area (Å²) in [4.78, 5) is 22.9. The van der Waals surface area contributed by atoms with E-state index >= 15 is 0 Å². The quantitative estimate of drug-likeness (QED) is 0.271. The average Bonchev–Trinajstić information content (AvgIpc) is 2.91. The molecule has 0 radical (unpaired) electrons. The average molecular weight is 555 g/mol. The molecule has 0 spiro atoms. The van der Waals surface area contributed by atoms with Crippen molar-refractivity contribution in [3.8, 4) is 0 Å². The van der Waals surface area contributed by atoms with Crippen molar-refractivity contribution in [2.45, 2.75) is 72.2 Å². The Morgan fingerprint density at radius 2 is 1.41 bits per heavy atom. The number of aryl methyl sites for hydroxylation is 1. The van der Waals surface area contributed by atoms with Crippen LogP contribution in [0.5, 0.6) is 0 Å². The van der Waals surface area contributed by atoms with Crippen LogP contribution >= 0.6 is 0 Å². The van der Waals surface area contributed by atoms with Gasteiger partial charge >= 0.3 is 5.97 Å². The molecular weight excluding hydrogens is 512 g/mol. The van der Waals surface area contributed by atoms with Gasteiger partial charge in [-0.25, -0.2) is 13.1 Å². The van der Waals surface area contributed by atoms with E-state index in [1.54, 1.807) is 31.2 Å². The van der Waals surface area contributed by atoms with Crippen LogP contribution in [0.3, 0.4) is 0 Å². The van der Waals surface area contributed by atoms with Gasteiger partial charge in [0, 0.05) is 35.0 Å². The van der Waals surface area contributed by atoms with E-state index in [9.17, 15) is 18.0 Å². The number of carbonyl (C=O) groups excluding carboxylic acids is 2. The summed E-state index contributed by atoms with van der Waals surface area (Å²) in [5.41, 5.74) is 2.05. The number of hydrogen-bond acceptors (Lipinski definition) is 5. The van der Waals surface area contributed by atoms with Gasteiger partial charge in [0.15, 0.2) is 0 Å². The molecule has 0 fully saturated rings. The number of carbonyl (C=O) groups is 2. The van der Waals surface area contributed by atoms with Crippen molar-refractivity contribution in [2.75, 3.05) is 11.9 Å². The fraction of sp³-hybridized carbons (Fsp3) is 0.419. The van der Waals surface area contributed by atoms with Crippen LogP contribution in [0.4, 0.5) is 5.69 Å². The molecule has 0 heterocycles. The maximum absolute atomic E-state index is 13.5. The van der Waals surface area contributed by atoms with Gasteiger partial charge < -0.3 is 10.1 Å². The summed E-state index contributed by atoms with van der Waals surface area (Å²) in [6.45, 7) is 13.9. The molecule has 0 aliphatic heterocycles. The van der Waals surface area contributed by atoms with E-state index in [2.05, 4.69) is 42.5 Å². The van der Waals surface area contributed by atoms with Crippen LogP contribution in [0, 0.1) is 18.8 Å². The number of amides is 1. The van der Waals surface area contributed by atoms with Crippen LogP contribution in [0.25, 0.3) is 10.8 Å². The van der Waals surface area contributed by atoms with Crippen molar-refractivity contribution >= 4 is 38.4 Å². The highest BCUT2D eigenvalue weighted by molar-refractivity contribution is 7.89. The number of nitrogens with one attached hydrogen (secondary N) is 2. The Morgan fingerprint density at radius 1 is 0.846 bits per heavy atom. The van der Waals surface area contributed by atoms with Gasteiger partial charge in [0.25, 0.3) is 5.91 Å². The number of ether oxygens (including phenoxy) is 1. The molecule has 8 heteroatoms. The van der Waals surface area contributed by atoms with Gasteiger partial charge in [-0.3, -0.25) is 9.59 Å². The van der Waals surface area contributed by atoms with Crippen molar-refractivity contribution in [1.82, 2.24) is 4.72 Å². The van der Waals surface area contributed by atoms with E-state index in [1.807, 2.05) is 43.3 Å². The van der Waals surface area contributed by atoms with Crippen molar-refractivity contribution in [3.63, 3.8) is 0 Å². The van der Waals surface area contributed by atoms with Crippen molar-refractivity contribution in [3.05, 3.63) is 71.8 Å². The molecule has 1 amide bonds. The van der Waals surface area contributed by atoms with Gasteiger partial charge in [0.05, 0.1) is 11.5 Å². The lowest BCUT2D eigenvalue weighted by Gasteiger charge is -2.29. The van der Waals surface area contributed by atoms with Crippen LogP contribution < -0.4 is 10.0 Å². The standard InChI is InChI=1S/C27H34N2O3S.C4H8O2/c1-6-18(3)26(19(4)7-2)29-33(31,32)25-17-16-24(22-14-10-11-15-23(22)25)28-27(30)21-13-9-8-12-20(21)5;1-3-6-4(2)5/h8-19,26,29H,6-7H2,1-5H3,(H,28,30);3H2,1-2H3/t18-,19?,26?;/m1./s1. The zero-order chi connectivity index (χ0) is 29.2. The second kappa shape index (κ2) is 14.8. The lowest BCUT2D eigenvalue weighted by atomic mass is 9.88. The number of sulfonamides is 1. The Kier molecular flexibility index (Phi) is 12.1. The monoisotopic (exact) mass is 554 g/mol. The SMILES string of the molecule is CCC(C)C(NS(=O)(=O)c1ccc(NC(=O)c2ccccc2C)c2ccccc12)[C@H](C)CC.CCOC(C)=O. The Balaban J connectivity index is 0.000000798. The first-order chi connectivity index (χ1) is 18.5. The Bertz CT molecular complexity index is 1360. The third-order valence-corrected chi connectivity index (χ3v) is 8.48. The number of fused-ring (bicyclic) bond motifs is 1. The molecule has 7 nitrogen and oxygen atoms in total. The largest absolute Gasteiger partial charge is 0.466 e. The number of benzene rings is 3. The number of rotatable bonds is 10. The van der Waals surface area contributed by atoms with Crippen molar-refractivity contribution in [1.29, 1.82) is 0 Å². The zero-order valence-corrected chi connectivity index (χ0v) is 24.9. The summed E-state index contributed by atoms with van der Waals surface area (Å²) >= 11 is 0. The van der Waals surface area contributed by atoms with Gasteiger partial charge in [-0.15, -0.1) is 0 Å². The van der Waals surface area contributed by atoms with Crippen molar-refractivity contribution < 1.29 is 22.7 Å². The van der Waals surface area contributed by atoms with Gasteiger partial charge in [-0.2, -0.15) is 0 Å². The second-order valence-corrected chi connectivity index (χ2v) is 11.5. The minimum absolute atomic E-state index is 0.149. The first kappa shape index (κ1) is 32.0. The van der Waals surface area contributed by atoms with Crippen LogP contribution in [0.1, 0.15) is 70.3 Å². The van der Waals surface area contributed by atoms with E-state index in [0.29, 0.717) is 28.6 Å². The predicted molar refractivity (Wildman–Crippen MR) is 158 cm³/mol. The summed E-state index contributed by atoms with van der Waals surface area (Å²) in [5, 5.41) is 4.23. The molecule has 2 unspecified atom stereocenters. The van der Waals surface area contributed by atoms with E-state index in [-0.39, 0.29) is 34.6 Å². The topological polar surface area (TPSA) is 102 Å². The fourth-order valence-corrected chi connectivity index (χ4v) is 6.04. The third-order valence-electron chi connectivity index (χ3n) is 6.96. The molecule has 3 aromatic carbocycles. The Morgan fingerprint density at radius 3 is 1.92 bits per heavy atom. The first-order valence-electron chi connectivity index (χ1n) is 13.5. The summed E-state index contributed by atoms with van der Waals surface area (Å²) in [7, 11) is -3.76. The summed E-state index contributed by atoms with van der Waals surface area (Å²) in [6, 6.07) is 17.8. The van der Waals surface area contributed by atoms with Gasteiger partial charge in [-0.1, -0.05) is 83.0 Å². The number of hydrogen-bond donors (Lipinski definition) is 2. The molecule has 0 saturated carbocycles. The van der Waals surface area contributed by atoms with Crippen LogP contribution in [-0.2, 0) is 19.6 Å². The molecule has 2 N–H and O–H groups in total. The minimum Gasteiger partial charge on any atom is -0.466 e. The molecule has 0 aliphatic rings. The highest BCUT2D eigenvalue weighted by atomic mass is 32.2. The highest BCUT2D eigenvalue weighted by Gasteiger charge is 2.29. The fourth-order valence-electron chi connectivity index (χ4n) is 4.38. The molecule has 3 aromatic rings. The Labute approximate surface area is 233 Å². The summed E-state index contributed by atoms with van der Waals surface area (Å²) in [5.74, 6) is 0.000385. The lowest BCUT2D eigenvalue weighted by Crippen LogP contribution is -2.43. The molecule has 0 bridgehead atoms. The normalized spacial score (nSPS) is 13.5. The molecule has 3 rings (SSSR count). The molecule has 0 saturated heterocycles. The Hall–Kier alpha value is -3.23. The lowest BCUT2D eigenvalue weighted by molar-refractivity contribution is -0.140. The summed E-state index contributed by atoms with van der Waals surface area (Å²) in [6.07, 6.45) is 1.78. The molecule has 3 atom stereocenters. The molecule has 0 aromatic heterocycles. The number of anilines is 1. The van der Waals surface area contributed by atoms with E-state index in [4.69, 9.17) is 0 Å². The summed E-state index contributed by atoms with van der Waals surface area (Å²) < 4.78 is 34.4. The van der Waals surface area contributed by atoms with E-state index < -0.39 is 10.0 Å². The highest BCUT2D eigenvalue weighted by Crippen LogP contribution is 2.31. The molecule has 39 heavy (non-hydrogen) atoms. The van der Waals surface area contributed by atoms with Gasteiger partial charge in [-0.05, 0) is 49.4 Å². The van der Waals surface area contributed by atoms with Crippen molar-refractivity contribution in [2.24, 2.45) is 11.8 Å². The minimum atomic E-state index is -3.76. The smallest absolute Gasteiger partial charge is 0.302 e. The zero-order valence-electron chi connectivity index (χ0n) is 24.1. The van der Waals surface area contributed by atoms with Crippen LogP contribution in [0.15, 0.2) is 65.6 Å². The van der Waals surface area contributed by atoms with Gasteiger partial charge in [0.2, 0.25) is 10.0 Å². The van der Waals surface area contributed by atoms with Gasteiger partial charge in [0.1, 0.15) is 0 Å². The first-order valence-corrected chi connectivity index (χ1v) is 15.0. The second-order valence-electron chi connectivity index (χ2n) is 9.77.